The molecule has 0 saturated carbocycles. The maximum absolute atomic E-state index is 13.1. The van der Waals surface area contributed by atoms with Gasteiger partial charge in [-0.1, -0.05) is 19.1 Å². The number of amidine groups is 1. The van der Waals surface area contributed by atoms with Crippen molar-refractivity contribution in [2.75, 3.05) is 19.7 Å². The van der Waals surface area contributed by atoms with E-state index in [4.69, 9.17) is 15.9 Å². The summed E-state index contributed by atoms with van der Waals surface area (Å²) in [6, 6.07) is 10.9. The average molecular weight is 514 g/mol. The predicted octanol–water partition coefficient (Wildman–Crippen LogP) is 2.64. The summed E-state index contributed by atoms with van der Waals surface area (Å²) in [7, 11) is -1.98. The van der Waals surface area contributed by atoms with E-state index >= 15 is 0 Å². The molecular formula is C25H31N5O5S. The first-order valence-electron chi connectivity index (χ1n) is 11.6. The Morgan fingerprint density at radius 2 is 1.75 bits per heavy atom. The van der Waals surface area contributed by atoms with Gasteiger partial charge in [0.05, 0.1) is 29.0 Å². The van der Waals surface area contributed by atoms with Gasteiger partial charge in [0.25, 0.3) is 5.91 Å². The summed E-state index contributed by atoms with van der Waals surface area (Å²) in [4.78, 5) is 31.1. The van der Waals surface area contributed by atoms with E-state index in [1.54, 1.807) is 41.6 Å². The number of nitrogens with two attached hydrogens (primary N) is 1. The number of amides is 1. The molecule has 0 aliphatic carbocycles. The number of aryl methyl sites for hydroxylation is 1. The highest BCUT2D eigenvalue weighted by molar-refractivity contribution is 7.90. The molecule has 11 heteroatoms. The number of nitrogens with zero attached hydrogens (tertiary/aromatic N) is 3. The smallest absolute Gasteiger partial charge is 0.307 e. The Morgan fingerprint density at radius 1 is 1.08 bits per heavy atom. The summed E-state index contributed by atoms with van der Waals surface area (Å²) in [6.45, 7) is 4.71. The molecule has 3 N–H and O–H groups in total. The normalized spacial score (nSPS) is 11.4. The van der Waals surface area contributed by atoms with Gasteiger partial charge in [-0.15, -0.1) is 0 Å². The predicted molar refractivity (Wildman–Crippen MR) is 137 cm³/mol. The molecule has 0 aliphatic rings. The van der Waals surface area contributed by atoms with Crippen molar-refractivity contribution in [3.05, 3.63) is 59.4 Å². The van der Waals surface area contributed by atoms with Gasteiger partial charge in [0.2, 0.25) is 0 Å². The van der Waals surface area contributed by atoms with Crippen LogP contribution in [0.3, 0.4) is 0 Å². The molecule has 36 heavy (non-hydrogen) atoms. The van der Waals surface area contributed by atoms with E-state index in [1.165, 1.54) is 24.3 Å². The lowest BCUT2D eigenvalue weighted by Gasteiger charge is -2.21. The van der Waals surface area contributed by atoms with Gasteiger partial charge in [-0.25, -0.2) is 13.4 Å². The van der Waals surface area contributed by atoms with Crippen molar-refractivity contribution in [1.82, 2.24) is 14.5 Å². The molecule has 0 unspecified atom stereocenters. The molecule has 2 aromatic carbocycles. The second kappa shape index (κ2) is 11.3. The van der Waals surface area contributed by atoms with Crippen LogP contribution in [-0.2, 0) is 32.2 Å². The van der Waals surface area contributed by atoms with Crippen LogP contribution < -0.4 is 5.73 Å². The van der Waals surface area contributed by atoms with Crippen LogP contribution >= 0.6 is 0 Å². The van der Waals surface area contributed by atoms with Crippen molar-refractivity contribution in [2.45, 2.75) is 37.3 Å². The minimum absolute atomic E-state index is 0.104. The van der Waals surface area contributed by atoms with E-state index in [0.29, 0.717) is 41.1 Å². The lowest BCUT2D eigenvalue weighted by molar-refractivity contribution is -0.143. The van der Waals surface area contributed by atoms with Gasteiger partial charge in [-0.3, -0.25) is 15.0 Å². The zero-order valence-corrected chi connectivity index (χ0v) is 21.5. The molecule has 192 valence electrons. The van der Waals surface area contributed by atoms with E-state index in [-0.39, 0.29) is 41.3 Å². The number of fused-ring (bicyclic) bond motifs is 1. The number of nitrogens with one attached hydrogen (secondary N) is 1. The molecule has 0 bridgehead atoms. The molecule has 10 nitrogen and oxygen atoms in total. The Labute approximate surface area is 210 Å². The van der Waals surface area contributed by atoms with Gasteiger partial charge in [0, 0.05) is 31.3 Å². The number of ether oxygens (including phenoxy) is 1. The molecule has 1 aromatic heterocycles. The first-order valence-corrected chi connectivity index (χ1v) is 13.3. The minimum Gasteiger partial charge on any atom is -0.466 e. The largest absolute Gasteiger partial charge is 0.466 e. The average Bonchev–Trinajstić information content (AvgIpc) is 3.15. The van der Waals surface area contributed by atoms with Crippen LogP contribution in [0.5, 0.6) is 0 Å². The first-order chi connectivity index (χ1) is 17.1. The third-order valence-corrected chi connectivity index (χ3v) is 7.36. The molecule has 0 saturated heterocycles. The van der Waals surface area contributed by atoms with Crippen molar-refractivity contribution >= 4 is 38.6 Å². The van der Waals surface area contributed by atoms with Crippen LogP contribution in [0.25, 0.3) is 11.0 Å². The Hall–Kier alpha value is -3.73. The maximum atomic E-state index is 13.1. The maximum Gasteiger partial charge on any atom is 0.307 e. The van der Waals surface area contributed by atoms with Gasteiger partial charge >= 0.3 is 5.97 Å². The van der Waals surface area contributed by atoms with Crippen molar-refractivity contribution in [3.63, 3.8) is 0 Å². The van der Waals surface area contributed by atoms with Crippen molar-refractivity contribution in [2.24, 2.45) is 12.8 Å². The number of carbonyl (C=O) groups excluding carboxylic acids is 2. The fourth-order valence-corrected chi connectivity index (χ4v) is 5.15. The molecule has 0 aliphatic heterocycles. The molecule has 3 aromatic rings. The van der Waals surface area contributed by atoms with Crippen molar-refractivity contribution in [1.29, 1.82) is 5.41 Å². The van der Waals surface area contributed by atoms with E-state index in [1.807, 2.05) is 6.92 Å². The second-order valence-electron chi connectivity index (χ2n) is 8.33. The zero-order chi connectivity index (χ0) is 26.5. The number of sulfone groups is 1. The van der Waals surface area contributed by atoms with Crippen molar-refractivity contribution < 1.29 is 22.7 Å². The fourth-order valence-electron chi connectivity index (χ4n) is 3.83. The second-order valence-corrected chi connectivity index (χ2v) is 10.3. The number of benzene rings is 2. The summed E-state index contributed by atoms with van der Waals surface area (Å²) in [6.07, 6.45) is 0.844. The van der Waals surface area contributed by atoms with Crippen molar-refractivity contribution in [3.8, 4) is 0 Å². The lowest BCUT2D eigenvalue weighted by atomic mass is 10.1. The van der Waals surface area contributed by atoms with Crippen LogP contribution in [0.15, 0.2) is 47.4 Å². The summed E-state index contributed by atoms with van der Waals surface area (Å²) in [5, 5.41) is 7.45. The SMILES string of the molecule is CCCN(CCC(=O)OCC)C(=O)c1ccc2c(c1)nc(CS(=O)(=O)c1ccc(C(=N)N)cc1)n2C. The molecular weight excluding hydrogens is 482 g/mol. The van der Waals surface area contributed by atoms with Gasteiger partial charge < -0.3 is 19.9 Å². The van der Waals surface area contributed by atoms with Gasteiger partial charge in [-0.05, 0) is 43.7 Å². The number of hydrogen-bond donors (Lipinski definition) is 2. The van der Waals surface area contributed by atoms with Gasteiger partial charge in [0.1, 0.15) is 17.4 Å². The van der Waals surface area contributed by atoms with E-state index in [9.17, 15) is 18.0 Å². The highest BCUT2D eigenvalue weighted by Crippen LogP contribution is 2.22. The molecule has 0 spiro atoms. The molecule has 0 atom stereocenters. The standard InChI is InChI=1S/C25H31N5O5S/c1-4-13-30(14-12-23(31)35-5-2)25(32)18-8-11-21-20(15-18)28-22(29(21)3)16-36(33,34)19-9-6-17(7-10-19)24(26)27/h6-11,15H,4-5,12-14,16H2,1-3H3,(H3,26,27). The lowest BCUT2D eigenvalue weighted by Crippen LogP contribution is -2.34. The molecule has 0 fully saturated rings. The van der Waals surface area contributed by atoms with Crippen LogP contribution in [0.1, 0.15) is 48.4 Å². The highest BCUT2D eigenvalue weighted by atomic mass is 32.2. The first kappa shape index (κ1) is 26.9. The van der Waals surface area contributed by atoms with Crippen LogP contribution in [-0.4, -0.2) is 60.3 Å². The number of rotatable bonds is 11. The molecule has 1 amide bonds. The summed E-state index contributed by atoms with van der Waals surface area (Å²) >= 11 is 0. The summed E-state index contributed by atoms with van der Waals surface area (Å²) < 4.78 is 32.6. The highest BCUT2D eigenvalue weighted by Gasteiger charge is 2.22. The zero-order valence-electron chi connectivity index (χ0n) is 20.7. The topological polar surface area (TPSA) is 148 Å². The van der Waals surface area contributed by atoms with E-state index in [2.05, 4.69) is 4.98 Å². The molecule has 3 rings (SSSR count). The fraction of sp³-hybridized carbons (Fsp3) is 0.360. The summed E-state index contributed by atoms with van der Waals surface area (Å²) in [5.74, 6) is -0.722. The van der Waals surface area contributed by atoms with Crippen LogP contribution in [0, 0.1) is 5.41 Å². The number of imidazole rings is 1. The van der Waals surface area contributed by atoms with Crippen LogP contribution in [0.4, 0.5) is 0 Å². The minimum atomic E-state index is -3.71. The Morgan fingerprint density at radius 3 is 2.36 bits per heavy atom. The Kier molecular flexibility index (Phi) is 8.46. The van der Waals surface area contributed by atoms with Gasteiger partial charge in [0.15, 0.2) is 9.84 Å². The number of hydrogen-bond acceptors (Lipinski definition) is 7. The van der Waals surface area contributed by atoms with E-state index < -0.39 is 9.84 Å². The monoisotopic (exact) mass is 513 g/mol. The molecule has 0 radical (unpaired) electrons. The third kappa shape index (κ3) is 6.09. The number of nitrogen functional groups attached to an aromatic ring is 1. The van der Waals surface area contributed by atoms with Gasteiger partial charge in [-0.2, -0.15) is 0 Å². The number of carbonyl (C=O) groups is 2. The summed E-state index contributed by atoms with van der Waals surface area (Å²) in [5.41, 5.74) is 7.49. The molecule has 1 heterocycles. The Balaban J connectivity index is 1.84. The van der Waals surface area contributed by atoms with E-state index in [0.717, 1.165) is 6.42 Å². The van der Waals surface area contributed by atoms with Crippen LogP contribution in [0.2, 0.25) is 0 Å². The number of esters is 1. The quantitative estimate of drug-likeness (QED) is 0.227. The number of aromatic nitrogens is 2. The Bertz CT molecular complexity index is 1380. The third-order valence-electron chi connectivity index (χ3n) is 5.74.